The first-order valence-corrected chi connectivity index (χ1v) is 8.11. The van der Waals surface area contributed by atoms with Gasteiger partial charge in [-0.05, 0) is 54.0 Å². The van der Waals surface area contributed by atoms with Gasteiger partial charge >= 0.3 is 0 Å². The molecule has 1 saturated carbocycles. The molecule has 0 atom stereocenters. The summed E-state index contributed by atoms with van der Waals surface area (Å²) < 4.78 is 5.78. The van der Waals surface area contributed by atoms with Crippen molar-refractivity contribution in [1.29, 1.82) is 0 Å². The van der Waals surface area contributed by atoms with Gasteiger partial charge in [-0.3, -0.25) is 9.78 Å². The summed E-state index contributed by atoms with van der Waals surface area (Å²) in [5.41, 5.74) is 7.92. The van der Waals surface area contributed by atoms with Crippen molar-refractivity contribution in [2.45, 2.75) is 12.8 Å². The van der Waals surface area contributed by atoms with E-state index in [2.05, 4.69) is 4.98 Å². The third-order valence-corrected chi connectivity index (χ3v) is 4.39. The van der Waals surface area contributed by atoms with Crippen LogP contribution in [0.5, 0.6) is 5.75 Å². The van der Waals surface area contributed by atoms with E-state index < -0.39 is 5.91 Å². The Kier molecular flexibility index (Phi) is 3.65. The number of fused-ring (bicyclic) bond motifs is 1. The molecule has 2 aromatic carbocycles. The van der Waals surface area contributed by atoms with Crippen molar-refractivity contribution >= 4 is 16.7 Å². The summed E-state index contributed by atoms with van der Waals surface area (Å²) in [5.74, 6) is 1.19. The normalized spacial score (nSPS) is 13.8. The largest absolute Gasteiger partial charge is 0.493 e. The van der Waals surface area contributed by atoms with Gasteiger partial charge in [0.05, 0.1) is 6.61 Å². The van der Waals surface area contributed by atoms with Crippen molar-refractivity contribution in [2.75, 3.05) is 6.61 Å². The summed E-state index contributed by atoms with van der Waals surface area (Å²) >= 11 is 0. The van der Waals surface area contributed by atoms with E-state index in [0.717, 1.165) is 40.2 Å². The van der Waals surface area contributed by atoms with Gasteiger partial charge in [0.2, 0.25) is 5.91 Å². The van der Waals surface area contributed by atoms with E-state index in [1.165, 1.54) is 12.8 Å². The number of ether oxygens (including phenoxy) is 1. The van der Waals surface area contributed by atoms with Crippen molar-refractivity contribution in [3.8, 4) is 16.9 Å². The summed E-state index contributed by atoms with van der Waals surface area (Å²) in [6.07, 6.45) is 6.16. The molecular formula is C20H18N2O2. The lowest BCUT2D eigenvalue weighted by molar-refractivity contribution is 0.100. The molecule has 1 amide bonds. The van der Waals surface area contributed by atoms with Crippen LogP contribution in [0.2, 0.25) is 0 Å². The topological polar surface area (TPSA) is 65.2 Å². The van der Waals surface area contributed by atoms with Crippen LogP contribution in [0.25, 0.3) is 21.9 Å². The Balaban J connectivity index is 1.69. The maximum atomic E-state index is 11.5. The number of nitrogens with two attached hydrogens (primary N) is 1. The number of nitrogens with zero attached hydrogens (tertiary/aromatic N) is 1. The fourth-order valence-electron chi connectivity index (χ4n) is 2.78. The van der Waals surface area contributed by atoms with Crippen LogP contribution in [-0.4, -0.2) is 17.5 Å². The predicted molar refractivity (Wildman–Crippen MR) is 93.9 cm³/mol. The van der Waals surface area contributed by atoms with Gasteiger partial charge in [-0.15, -0.1) is 0 Å². The van der Waals surface area contributed by atoms with E-state index in [-0.39, 0.29) is 0 Å². The lowest BCUT2D eigenvalue weighted by Gasteiger charge is -2.09. The Morgan fingerprint density at radius 3 is 2.62 bits per heavy atom. The number of hydrogen-bond donors (Lipinski definition) is 1. The zero-order valence-corrected chi connectivity index (χ0v) is 13.2. The molecule has 0 aliphatic heterocycles. The Labute approximate surface area is 140 Å². The number of benzene rings is 2. The van der Waals surface area contributed by atoms with Gasteiger partial charge in [0.1, 0.15) is 5.75 Å². The molecule has 1 fully saturated rings. The van der Waals surface area contributed by atoms with Crippen LogP contribution in [0, 0.1) is 5.92 Å². The van der Waals surface area contributed by atoms with Gasteiger partial charge in [-0.2, -0.15) is 0 Å². The fraction of sp³-hybridized carbons (Fsp3) is 0.200. The van der Waals surface area contributed by atoms with Gasteiger partial charge in [0, 0.05) is 28.9 Å². The molecule has 1 heterocycles. The van der Waals surface area contributed by atoms with E-state index in [9.17, 15) is 4.79 Å². The van der Waals surface area contributed by atoms with Crippen molar-refractivity contribution in [1.82, 2.24) is 4.98 Å². The molecule has 24 heavy (non-hydrogen) atoms. The van der Waals surface area contributed by atoms with Crippen molar-refractivity contribution in [2.24, 2.45) is 11.7 Å². The van der Waals surface area contributed by atoms with Crippen LogP contribution in [0.3, 0.4) is 0 Å². The number of primary amides is 1. The van der Waals surface area contributed by atoms with Crippen LogP contribution >= 0.6 is 0 Å². The SMILES string of the molecule is NC(=O)c1ccc2cncc(-c3ccc(OCC4CC4)cc3)c2c1. The highest BCUT2D eigenvalue weighted by atomic mass is 16.5. The fourth-order valence-corrected chi connectivity index (χ4v) is 2.78. The number of pyridine rings is 1. The maximum Gasteiger partial charge on any atom is 0.248 e. The minimum Gasteiger partial charge on any atom is -0.493 e. The zero-order chi connectivity index (χ0) is 16.5. The molecule has 4 rings (SSSR count). The average molecular weight is 318 g/mol. The van der Waals surface area contributed by atoms with Gasteiger partial charge in [-0.1, -0.05) is 18.2 Å². The number of amides is 1. The van der Waals surface area contributed by atoms with E-state index in [0.29, 0.717) is 5.56 Å². The standard InChI is InChI=1S/C20H18N2O2/c21-20(23)15-3-4-16-10-22-11-19(18(16)9-15)14-5-7-17(8-6-14)24-12-13-1-2-13/h3-11,13H,1-2,12H2,(H2,21,23). The monoisotopic (exact) mass is 318 g/mol. The summed E-state index contributed by atoms with van der Waals surface area (Å²) in [4.78, 5) is 15.8. The molecule has 3 aromatic rings. The zero-order valence-electron chi connectivity index (χ0n) is 13.2. The molecule has 0 radical (unpaired) electrons. The Morgan fingerprint density at radius 2 is 1.92 bits per heavy atom. The highest BCUT2D eigenvalue weighted by Crippen LogP contribution is 2.31. The predicted octanol–water partition coefficient (Wildman–Crippen LogP) is 3.79. The Hall–Kier alpha value is -2.88. The summed E-state index contributed by atoms with van der Waals surface area (Å²) in [6, 6.07) is 13.4. The van der Waals surface area contributed by atoms with Gasteiger partial charge in [0.25, 0.3) is 0 Å². The van der Waals surface area contributed by atoms with Crippen molar-refractivity contribution in [3.63, 3.8) is 0 Å². The van der Waals surface area contributed by atoms with Crippen LogP contribution in [-0.2, 0) is 0 Å². The second-order valence-corrected chi connectivity index (χ2v) is 6.27. The first-order valence-electron chi connectivity index (χ1n) is 8.11. The highest BCUT2D eigenvalue weighted by molar-refractivity contribution is 6.02. The molecule has 1 aromatic heterocycles. The number of rotatable bonds is 5. The molecule has 1 aliphatic carbocycles. The van der Waals surface area contributed by atoms with E-state index in [1.54, 1.807) is 12.3 Å². The van der Waals surface area contributed by atoms with E-state index >= 15 is 0 Å². The summed E-state index contributed by atoms with van der Waals surface area (Å²) in [6.45, 7) is 0.803. The minimum absolute atomic E-state index is 0.427. The maximum absolute atomic E-state index is 11.5. The Bertz CT molecular complexity index is 899. The summed E-state index contributed by atoms with van der Waals surface area (Å²) in [7, 11) is 0. The van der Waals surface area contributed by atoms with Crippen LogP contribution in [0.4, 0.5) is 0 Å². The number of aromatic nitrogens is 1. The van der Waals surface area contributed by atoms with Gasteiger partial charge < -0.3 is 10.5 Å². The highest BCUT2D eigenvalue weighted by Gasteiger charge is 2.21. The molecule has 2 N–H and O–H groups in total. The van der Waals surface area contributed by atoms with Gasteiger partial charge in [0.15, 0.2) is 0 Å². The molecule has 0 bridgehead atoms. The molecule has 0 spiro atoms. The second kappa shape index (κ2) is 5.96. The van der Waals surface area contributed by atoms with Crippen LogP contribution < -0.4 is 10.5 Å². The molecule has 1 aliphatic rings. The van der Waals surface area contributed by atoms with Gasteiger partial charge in [-0.25, -0.2) is 0 Å². The van der Waals surface area contributed by atoms with Crippen molar-refractivity contribution < 1.29 is 9.53 Å². The number of hydrogen-bond acceptors (Lipinski definition) is 3. The molecule has 0 unspecified atom stereocenters. The van der Waals surface area contributed by atoms with Crippen LogP contribution in [0.1, 0.15) is 23.2 Å². The van der Waals surface area contributed by atoms with E-state index in [4.69, 9.17) is 10.5 Å². The quantitative estimate of drug-likeness (QED) is 0.778. The first kappa shape index (κ1) is 14.7. The summed E-state index contributed by atoms with van der Waals surface area (Å²) in [5, 5.41) is 1.94. The smallest absolute Gasteiger partial charge is 0.248 e. The lowest BCUT2D eigenvalue weighted by atomic mass is 9.99. The average Bonchev–Trinajstić information content (AvgIpc) is 3.44. The minimum atomic E-state index is -0.427. The number of carbonyl (C=O) groups is 1. The molecule has 4 nitrogen and oxygen atoms in total. The van der Waals surface area contributed by atoms with E-state index in [1.807, 2.05) is 42.6 Å². The lowest BCUT2D eigenvalue weighted by Crippen LogP contribution is -2.10. The van der Waals surface area contributed by atoms with Crippen molar-refractivity contribution in [3.05, 3.63) is 60.4 Å². The molecule has 0 saturated heterocycles. The first-order chi connectivity index (χ1) is 11.7. The van der Waals surface area contributed by atoms with Crippen LogP contribution in [0.15, 0.2) is 54.9 Å². The second-order valence-electron chi connectivity index (χ2n) is 6.27. The molecule has 4 heteroatoms. The Morgan fingerprint density at radius 1 is 1.12 bits per heavy atom. The third kappa shape index (κ3) is 2.95. The third-order valence-electron chi connectivity index (χ3n) is 4.39. The molecule has 120 valence electrons. The number of carbonyl (C=O) groups excluding carboxylic acids is 1. The molecular weight excluding hydrogens is 300 g/mol.